The molecule has 0 aromatic rings. The molecule has 2 saturated heterocycles. The first-order chi connectivity index (χ1) is 9.79. The molecule has 3 heteroatoms. The first-order valence-corrected chi connectivity index (χ1v) is 8.97. The molecule has 20 heavy (non-hydrogen) atoms. The summed E-state index contributed by atoms with van der Waals surface area (Å²) in [5, 5.41) is 3.78. The lowest BCUT2D eigenvalue weighted by Gasteiger charge is -2.35. The lowest BCUT2D eigenvalue weighted by atomic mass is 9.91. The van der Waals surface area contributed by atoms with Crippen molar-refractivity contribution in [2.24, 2.45) is 5.92 Å². The zero-order chi connectivity index (χ0) is 14.2. The van der Waals surface area contributed by atoms with Crippen LogP contribution < -0.4 is 5.32 Å². The van der Waals surface area contributed by atoms with Gasteiger partial charge >= 0.3 is 0 Å². The lowest BCUT2D eigenvalue weighted by Crippen LogP contribution is -2.45. The van der Waals surface area contributed by atoms with E-state index < -0.39 is 0 Å². The van der Waals surface area contributed by atoms with Gasteiger partial charge in [0, 0.05) is 12.6 Å². The van der Waals surface area contributed by atoms with E-state index in [-0.39, 0.29) is 0 Å². The van der Waals surface area contributed by atoms with E-state index in [1.807, 2.05) is 0 Å². The summed E-state index contributed by atoms with van der Waals surface area (Å²) < 4.78 is 0. The van der Waals surface area contributed by atoms with Crippen molar-refractivity contribution in [1.29, 1.82) is 0 Å². The second-order valence-corrected chi connectivity index (χ2v) is 6.79. The Balaban J connectivity index is 1.56. The summed E-state index contributed by atoms with van der Waals surface area (Å²) in [6.07, 6.45) is 8.39. The Morgan fingerprint density at radius 2 is 1.80 bits per heavy atom. The minimum absolute atomic E-state index is 0.686. The van der Waals surface area contributed by atoms with Crippen LogP contribution in [0.3, 0.4) is 0 Å². The van der Waals surface area contributed by atoms with Crippen molar-refractivity contribution in [3.05, 3.63) is 0 Å². The van der Waals surface area contributed by atoms with E-state index in [1.165, 1.54) is 84.3 Å². The van der Waals surface area contributed by atoms with Crippen LogP contribution in [0.2, 0.25) is 0 Å². The third-order valence-electron chi connectivity index (χ3n) is 5.26. The van der Waals surface area contributed by atoms with Crippen molar-refractivity contribution >= 4 is 0 Å². The van der Waals surface area contributed by atoms with E-state index in [2.05, 4.69) is 29.0 Å². The quantitative estimate of drug-likeness (QED) is 0.724. The number of rotatable bonds is 7. The highest BCUT2D eigenvalue weighted by Crippen LogP contribution is 2.19. The molecule has 0 saturated carbocycles. The predicted octanol–water partition coefficient (Wildman–Crippen LogP) is 2.57. The molecule has 2 fully saturated rings. The maximum Gasteiger partial charge on any atom is 0.00792 e. The highest BCUT2D eigenvalue weighted by molar-refractivity contribution is 4.80. The van der Waals surface area contributed by atoms with Crippen molar-refractivity contribution < 1.29 is 0 Å². The maximum absolute atomic E-state index is 3.78. The van der Waals surface area contributed by atoms with Gasteiger partial charge < -0.3 is 15.1 Å². The number of hydrogen-bond donors (Lipinski definition) is 1. The molecule has 0 radical (unpaired) electrons. The van der Waals surface area contributed by atoms with Crippen molar-refractivity contribution in [2.75, 3.05) is 45.8 Å². The van der Waals surface area contributed by atoms with Gasteiger partial charge in [0.2, 0.25) is 0 Å². The van der Waals surface area contributed by atoms with Crippen LogP contribution in [0.5, 0.6) is 0 Å². The SMILES string of the molecule is CCN1CCCC(C(C)NCCCN2CCCCC2)C1. The Kier molecular flexibility index (Phi) is 7.32. The maximum atomic E-state index is 3.78. The molecular weight excluding hydrogens is 246 g/mol. The van der Waals surface area contributed by atoms with Crippen LogP contribution in [0.4, 0.5) is 0 Å². The van der Waals surface area contributed by atoms with Gasteiger partial charge in [-0.05, 0) is 84.2 Å². The fraction of sp³-hybridized carbons (Fsp3) is 1.00. The zero-order valence-electron chi connectivity index (χ0n) is 13.7. The number of piperidine rings is 2. The van der Waals surface area contributed by atoms with Crippen molar-refractivity contribution in [3.8, 4) is 0 Å². The van der Waals surface area contributed by atoms with Crippen LogP contribution in [0.15, 0.2) is 0 Å². The highest BCUT2D eigenvalue weighted by Gasteiger charge is 2.23. The lowest BCUT2D eigenvalue weighted by molar-refractivity contribution is 0.156. The molecule has 0 aromatic carbocycles. The van der Waals surface area contributed by atoms with Gasteiger partial charge in [-0.2, -0.15) is 0 Å². The Bertz CT molecular complexity index is 251. The minimum Gasteiger partial charge on any atom is -0.314 e. The largest absolute Gasteiger partial charge is 0.314 e. The second-order valence-electron chi connectivity index (χ2n) is 6.79. The van der Waals surface area contributed by atoms with Gasteiger partial charge in [-0.15, -0.1) is 0 Å². The number of hydrogen-bond acceptors (Lipinski definition) is 3. The first kappa shape index (κ1) is 16.3. The molecule has 1 N–H and O–H groups in total. The van der Waals surface area contributed by atoms with Crippen molar-refractivity contribution in [1.82, 2.24) is 15.1 Å². The predicted molar refractivity (Wildman–Crippen MR) is 87.2 cm³/mol. The Morgan fingerprint density at radius 3 is 2.55 bits per heavy atom. The van der Waals surface area contributed by atoms with E-state index in [0.29, 0.717) is 6.04 Å². The smallest absolute Gasteiger partial charge is 0.00792 e. The van der Waals surface area contributed by atoms with Crippen molar-refractivity contribution in [3.63, 3.8) is 0 Å². The molecule has 0 aliphatic carbocycles. The summed E-state index contributed by atoms with van der Waals surface area (Å²) >= 11 is 0. The standard InChI is InChI=1S/C17H35N3/c1-3-19-13-7-9-17(15-19)16(2)18-10-8-14-20-11-5-4-6-12-20/h16-18H,3-15H2,1-2H3. The van der Waals surface area contributed by atoms with E-state index >= 15 is 0 Å². The minimum atomic E-state index is 0.686. The average molecular weight is 281 g/mol. The van der Waals surface area contributed by atoms with Gasteiger partial charge in [0.1, 0.15) is 0 Å². The number of nitrogens with zero attached hydrogens (tertiary/aromatic N) is 2. The average Bonchev–Trinajstić information content (AvgIpc) is 2.52. The fourth-order valence-corrected chi connectivity index (χ4v) is 3.77. The summed E-state index contributed by atoms with van der Waals surface area (Å²) in [6.45, 7) is 13.7. The number of likely N-dealkylation sites (tertiary alicyclic amines) is 2. The van der Waals surface area contributed by atoms with Gasteiger partial charge in [-0.3, -0.25) is 0 Å². The normalized spacial score (nSPS) is 27.6. The van der Waals surface area contributed by atoms with E-state index in [9.17, 15) is 0 Å². The van der Waals surface area contributed by atoms with Gasteiger partial charge in [0.25, 0.3) is 0 Å². The van der Waals surface area contributed by atoms with E-state index in [0.717, 1.165) is 5.92 Å². The van der Waals surface area contributed by atoms with Crippen LogP contribution in [0, 0.1) is 5.92 Å². The molecule has 118 valence electrons. The summed E-state index contributed by atoms with van der Waals surface area (Å²) in [5.74, 6) is 0.860. The molecule has 2 heterocycles. The van der Waals surface area contributed by atoms with Gasteiger partial charge in [-0.25, -0.2) is 0 Å². The summed E-state index contributed by atoms with van der Waals surface area (Å²) in [6, 6.07) is 0.686. The summed E-state index contributed by atoms with van der Waals surface area (Å²) in [5.41, 5.74) is 0. The van der Waals surface area contributed by atoms with Gasteiger partial charge in [0.05, 0.1) is 0 Å². The molecule has 2 rings (SSSR count). The Hall–Kier alpha value is -0.120. The third kappa shape index (κ3) is 5.34. The van der Waals surface area contributed by atoms with Crippen LogP contribution in [-0.4, -0.2) is 61.7 Å². The molecule has 0 aromatic heterocycles. The fourth-order valence-electron chi connectivity index (χ4n) is 3.77. The molecule has 0 spiro atoms. The van der Waals surface area contributed by atoms with Crippen LogP contribution in [0.25, 0.3) is 0 Å². The molecule has 2 unspecified atom stereocenters. The molecule has 2 atom stereocenters. The topological polar surface area (TPSA) is 18.5 Å². The molecular formula is C17H35N3. The first-order valence-electron chi connectivity index (χ1n) is 8.97. The molecule has 2 aliphatic heterocycles. The van der Waals surface area contributed by atoms with Crippen LogP contribution in [0.1, 0.15) is 52.4 Å². The van der Waals surface area contributed by atoms with E-state index in [4.69, 9.17) is 0 Å². The molecule has 0 bridgehead atoms. The van der Waals surface area contributed by atoms with E-state index in [1.54, 1.807) is 0 Å². The van der Waals surface area contributed by atoms with Crippen LogP contribution >= 0.6 is 0 Å². The summed E-state index contributed by atoms with van der Waals surface area (Å²) in [4.78, 5) is 5.26. The molecule has 3 nitrogen and oxygen atoms in total. The number of nitrogens with one attached hydrogen (secondary N) is 1. The summed E-state index contributed by atoms with van der Waals surface area (Å²) in [7, 11) is 0. The highest BCUT2D eigenvalue weighted by atomic mass is 15.1. The van der Waals surface area contributed by atoms with Crippen molar-refractivity contribution in [2.45, 2.75) is 58.4 Å². The van der Waals surface area contributed by atoms with Gasteiger partial charge in [0.15, 0.2) is 0 Å². The zero-order valence-corrected chi connectivity index (χ0v) is 13.7. The monoisotopic (exact) mass is 281 g/mol. The Labute approximate surface area is 126 Å². The third-order valence-corrected chi connectivity index (χ3v) is 5.26. The molecule has 2 aliphatic rings. The second kappa shape index (κ2) is 9.01. The van der Waals surface area contributed by atoms with Crippen LogP contribution in [-0.2, 0) is 0 Å². The van der Waals surface area contributed by atoms with Gasteiger partial charge in [-0.1, -0.05) is 13.3 Å². The Morgan fingerprint density at radius 1 is 1.05 bits per heavy atom. The molecule has 0 amide bonds.